The van der Waals surface area contributed by atoms with Crippen LogP contribution in [0, 0.1) is 11.8 Å². The second-order valence-corrected chi connectivity index (χ2v) is 3.02. The molecule has 0 aromatic heterocycles. The number of carbonyl (C=O) groups is 1. The molecule has 14 heavy (non-hydrogen) atoms. The zero-order chi connectivity index (χ0) is 9.84. The van der Waals surface area contributed by atoms with Gasteiger partial charge in [-0.3, -0.25) is 0 Å². The summed E-state index contributed by atoms with van der Waals surface area (Å²) in [6, 6.07) is 4.68. The van der Waals surface area contributed by atoms with Crippen molar-refractivity contribution in [1.29, 1.82) is 0 Å². The van der Waals surface area contributed by atoms with Gasteiger partial charge in [-0.15, -0.1) is 0 Å². The molecule has 0 bridgehead atoms. The van der Waals surface area contributed by atoms with Crippen LogP contribution in [0.1, 0.15) is 5.56 Å². The summed E-state index contributed by atoms with van der Waals surface area (Å²) in [6.07, 6.45) is 0. The van der Waals surface area contributed by atoms with Crippen LogP contribution in [0.2, 0.25) is 10.0 Å². The predicted octanol–water partition coefficient (Wildman–Crippen LogP) is 1.78. The molecule has 2 nitrogen and oxygen atoms in total. The number of halogens is 2. The molecule has 0 aliphatic carbocycles. The maximum atomic E-state index is 10.1. The molecular formula is C9H5Cl2KO2. The summed E-state index contributed by atoms with van der Waals surface area (Å²) in [5.74, 6) is 3.17. The molecule has 0 aliphatic rings. The van der Waals surface area contributed by atoms with Gasteiger partial charge in [-0.25, -0.2) is 4.79 Å². The number of carboxylic acid groups (broad SMARTS) is 1. The minimum atomic E-state index is -1.19. The van der Waals surface area contributed by atoms with Gasteiger partial charge in [0.15, 0.2) is 0 Å². The fourth-order valence-corrected chi connectivity index (χ4v) is 1.17. The quantitative estimate of drug-likeness (QED) is 0.566. The van der Waals surface area contributed by atoms with Gasteiger partial charge < -0.3 is 5.11 Å². The molecule has 0 unspecified atom stereocenters. The number of carboxylic acids is 1. The molecule has 0 amide bonds. The minimum absolute atomic E-state index is 0. The molecule has 5 heteroatoms. The molecule has 0 aliphatic heterocycles. The molecule has 0 atom stereocenters. The summed E-state index contributed by atoms with van der Waals surface area (Å²) in [4.78, 5) is 10.1. The van der Waals surface area contributed by atoms with Gasteiger partial charge in [0.1, 0.15) is 0 Å². The Morgan fingerprint density at radius 1 is 1.36 bits per heavy atom. The van der Waals surface area contributed by atoms with E-state index in [1.54, 1.807) is 12.1 Å². The van der Waals surface area contributed by atoms with Gasteiger partial charge in [0, 0.05) is 16.5 Å². The molecule has 1 N–H and O–H groups in total. The molecule has 0 spiro atoms. The molecular weight excluding hydrogens is 250 g/mol. The van der Waals surface area contributed by atoms with E-state index in [1.807, 2.05) is 5.92 Å². The van der Waals surface area contributed by atoms with Gasteiger partial charge in [0.2, 0.25) is 0 Å². The van der Waals surface area contributed by atoms with Crippen molar-refractivity contribution in [2.75, 3.05) is 0 Å². The molecule has 0 heterocycles. The fourth-order valence-electron chi connectivity index (χ4n) is 0.712. The Kier molecular flexibility index (Phi) is 7.09. The van der Waals surface area contributed by atoms with E-state index in [0.717, 1.165) is 0 Å². The number of aliphatic carboxylic acids is 1. The first kappa shape index (κ1) is 14.5. The average Bonchev–Trinajstić information content (AvgIpc) is 2.02. The van der Waals surface area contributed by atoms with Crippen molar-refractivity contribution >= 4 is 80.6 Å². The van der Waals surface area contributed by atoms with Crippen molar-refractivity contribution in [3.63, 3.8) is 0 Å². The van der Waals surface area contributed by atoms with Gasteiger partial charge in [-0.1, -0.05) is 29.1 Å². The normalized spacial score (nSPS) is 8.14. The summed E-state index contributed by atoms with van der Waals surface area (Å²) >= 11 is 11.4. The second-order valence-electron chi connectivity index (χ2n) is 2.18. The number of benzene rings is 1. The third kappa shape index (κ3) is 4.81. The zero-order valence-corrected chi connectivity index (χ0v) is 7.86. The van der Waals surface area contributed by atoms with Crippen LogP contribution in [0.4, 0.5) is 0 Å². The molecule has 0 saturated carbocycles. The second kappa shape index (κ2) is 6.86. The van der Waals surface area contributed by atoms with Crippen molar-refractivity contribution in [3.05, 3.63) is 33.8 Å². The Balaban J connectivity index is 0.00000169. The van der Waals surface area contributed by atoms with Gasteiger partial charge >= 0.3 is 57.4 Å². The van der Waals surface area contributed by atoms with Gasteiger partial charge in [-0.2, -0.15) is 0 Å². The monoisotopic (exact) mass is 254 g/mol. The third-order valence-corrected chi connectivity index (χ3v) is 1.78. The van der Waals surface area contributed by atoms with E-state index in [-0.39, 0.29) is 51.4 Å². The van der Waals surface area contributed by atoms with Crippen molar-refractivity contribution in [2.24, 2.45) is 0 Å². The molecule has 1 rings (SSSR count). The Hall–Kier alpha value is 0.466. The zero-order valence-electron chi connectivity index (χ0n) is 6.34. The molecule has 0 saturated heterocycles. The molecule has 1 aromatic rings. The van der Waals surface area contributed by atoms with Gasteiger partial charge in [-0.05, 0) is 18.2 Å². The van der Waals surface area contributed by atoms with Crippen molar-refractivity contribution < 1.29 is 9.90 Å². The summed E-state index contributed by atoms with van der Waals surface area (Å²) < 4.78 is 0. The number of hydrogen-bond acceptors (Lipinski definition) is 1. The van der Waals surface area contributed by atoms with E-state index in [4.69, 9.17) is 28.3 Å². The van der Waals surface area contributed by atoms with E-state index in [2.05, 4.69) is 5.92 Å². The van der Waals surface area contributed by atoms with Crippen LogP contribution in [0.15, 0.2) is 18.2 Å². The first-order chi connectivity index (χ1) is 6.09. The van der Waals surface area contributed by atoms with Gasteiger partial charge in [0.05, 0.1) is 5.02 Å². The topological polar surface area (TPSA) is 37.3 Å². The van der Waals surface area contributed by atoms with Crippen molar-refractivity contribution in [3.8, 4) is 11.8 Å². The molecule has 1 aromatic carbocycles. The van der Waals surface area contributed by atoms with Crippen LogP contribution in [-0.2, 0) is 4.79 Å². The summed E-state index contributed by atoms with van der Waals surface area (Å²) in [6.45, 7) is 0. The Morgan fingerprint density at radius 3 is 2.50 bits per heavy atom. The Morgan fingerprint density at radius 2 is 2.00 bits per heavy atom. The van der Waals surface area contributed by atoms with Crippen molar-refractivity contribution in [2.45, 2.75) is 0 Å². The first-order valence-electron chi connectivity index (χ1n) is 3.29. The van der Waals surface area contributed by atoms with Crippen LogP contribution in [0.5, 0.6) is 0 Å². The predicted molar refractivity (Wildman–Crippen MR) is 58.1 cm³/mol. The Bertz CT molecular complexity index is 407. The molecule has 0 radical (unpaired) electrons. The first-order valence-corrected chi connectivity index (χ1v) is 4.05. The van der Waals surface area contributed by atoms with Crippen LogP contribution in [0.25, 0.3) is 0 Å². The third-order valence-electron chi connectivity index (χ3n) is 1.24. The Labute approximate surface area is 134 Å². The van der Waals surface area contributed by atoms with Crippen LogP contribution >= 0.6 is 23.2 Å². The van der Waals surface area contributed by atoms with Crippen LogP contribution in [0.3, 0.4) is 0 Å². The van der Waals surface area contributed by atoms with Crippen LogP contribution < -0.4 is 0 Å². The van der Waals surface area contributed by atoms with Crippen molar-refractivity contribution in [1.82, 2.24) is 0 Å². The van der Waals surface area contributed by atoms with Crippen LogP contribution in [-0.4, -0.2) is 62.5 Å². The van der Waals surface area contributed by atoms with Gasteiger partial charge in [0.25, 0.3) is 0 Å². The standard InChI is InChI=1S/C9H4Cl2O2.K.H/c10-7-3-1-6(8(11)5-7)2-4-9(12)13;;/h1,3,5H,(H,12,13);;. The summed E-state index contributed by atoms with van der Waals surface area (Å²) in [5.41, 5.74) is 0.452. The fraction of sp³-hybridized carbons (Fsp3) is 0. The van der Waals surface area contributed by atoms with E-state index in [9.17, 15) is 4.79 Å². The number of rotatable bonds is 0. The SMILES string of the molecule is O=C(O)C#Cc1ccc(Cl)cc1Cl.[KH]. The van der Waals surface area contributed by atoms with E-state index >= 15 is 0 Å². The average molecular weight is 255 g/mol. The summed E-state index contributed by atoms with van der Waals surface area (Å²) in [7, 11) is 0. The summed E-state index contributed by atoms with van der Waals surface area (Å²) in [5, 5.41) is 9.12. The number of hydrogen-bond donors (Lipinski definition) is 1. The molecule has 68 valence electrons. The van der Waals surface area contributed by atoms with E-state index in [1.165, 1.54) is 6.07 Å². The molecule has 0 fully saturated rings. The maximum absolute atomic E-state index is 10.1. The van der Waals surface area contributed by atoms with E-state index in [0.29, 0.717) is 15.6 Å². The van der Waals surface area contributed by atoms with E-state index < -0.39 is 5.97 Å².